The third-order valence-corrected chi connectivity index (χ3v) is 2.51. The SMILES string of the molecule is N#CC(C#N)=CNc1cc(C(F)(F)F)c(Cl)cc1[N+](=O)[O-]. The van der Waals surface area contributed by atoms with Gasteiger partial charge in [0.2, 0.25) is 0 Å². The summed E-state index contributed by atoms with van der Waals surface area (Å²) in [5, 5.41) is 29.1. The monoisotopic (exact) mass is 316 g/mol. The molecule has 0 aromatic heterocycles. The average Bonchev–Trinajstić information content (AvgIpc) is 2.39. The van der Waals surface area contributed by atoms with Crippen molar-refractivity contribution in [2.45, 2.75) is 6.18 Å². The normalized spacial score (nSPS) is 10.2. The standard InChI is InChI=1S/C11H4ClF3N4O2/c12-8-2-10(19(20)21)9(1-7(8)11(13,14)15)18-5-6(3-16)4-17/h1-2,5,18H. The third-order valence-electron chi connectivity index (χ3n) is 2.20. The summed E-state index contributed by atoms with van der Waals surface area (Å²) < 4.78 is 38.1. The first-order chi connectivity index (χ1) is 9.70. The van der Waals surface area contributed by atoms with E-state index in [0.717, 1.165) is 6.20 Å². The Bertz CT molecular complexity index is 685. The molecule has 0 amide bonds. The van der Waals surface area contributed by atoms with Gasteiger partial charge in [0, 0.05) is 12.3 Å². The summed E-state index contributed by atoms with van der Waals surface area (Å²) in [4.78, 5) is 9.85. The Labute approximate surface area is 120 Å². The highest BCUT2D eigenvalue weighted by molar-refractivity contribution is 6.31. The van der Waals surface area contributed by atoms with Gasteiger partial charge in [-0.1, -0.05) is 11.6 Å². The van der Waals surface area contributed by atoms with Crippen molar-refractivity contribution in [1.82, 2.24) is 0 Å². The van der Waals surface area contributed by atoms with Gasteiger partial charge in [0.15, 0.2) is 0 Å². The lowest BCUT2D eigenvalue weighted by Crippen LogP contribution is -2.08. The highest BCUT2D eigenvalue weighted by atomic mass is 35.5. The maximum Gasteiger partial charge on any atom is 0.417 e. The van der Waals surface area contributed by atoms with Crippen LogP contribution < -0.4 is 5.32 Å². The molecule has 0 spiro atoms. The molecule has 0 saturated carbocycles. The predicted octanol–water partition coefficient (Wildman–Crippen LogP) is 3.61. The van der Waals surface area contributed by atoms with Crippen molar-refractivity contribution in [3.63, 3.8) is 0 Å². The van der Waals surface area contributed by atoms with Crippen LogP contribution in [0.3, 0.4) is 0 Å². The van der Waals surface area contributed by atoms with Crippen LogP contribution >= 0.6 is 11.6 Å². The zero-order valence-corrected chi connectivity index (χ0v) is 10.7. The Balaban J connectivity index is 3.42. The summed E-state index contributed by atoms with van der Waals surface area (Å²) in [6.45, 7) is 0. The minimum atomic E-state index is -4.81. The average molecular weight is 317 g/mol. The second-order valence-corrected chi connectivity index (χ2v) is 3.94. The quantitative estimate of drug-likeness (QED) is 0.521. The van der Waals surface area contributed by atoms with Gasteiger partial charge in [-0.05, 0) is 6.07 Å². The molecule has 0 aliphatic rings. The zero-order chi connectivity index (χ0) is 16.2. The number of rotatable bonds is 3. The number of anilines is 1. The van der Waals surface area contributed by atoms with E-state index in [0.29, 0.717) is 12.1 Å². The van der Waals surface area contributed by atoms with E-state index in [2.05, 4.69) is 5.32 Å². The Kier molecular flexibility index (Phi) is 4.74. The van der Waals surface area contributed by atoms with Crippen LogP contribution in [0.25, 0.3) is 0 Å². The number of nitrogens with zero attached hydrogens (tertiary/aromatic N) is 3. The first-order valence-corrected chi connectivity index (χ1v) is 5.40. The molecule has 6 nitrogen and oxygen atoms in total. The van der Waals surface area contributed by atoms with Gasteiger partial charge in [-0.15, -0.1) is 0 Å². The lowest BCUT2D eigenvalue weighted by Gasteiger charge is -2.11. The molecule has 0 heterocycles. The molecule has 1 N–H and O–H groups in total. The van der Waals surface area contributed by atoms with E-state index in [-0.39, 0.29) is 0 Å². The molecule has 10 heteroatoms. The van der Waals surface area contributed by atoms with Crippen LogP contribution in [0.15, 0.2) is 23.9 Å². The van der Waals surface area contributed by atoms with Gasteiger partial charge >= 0.3 is 6.18 Å². The molecule has 0 unspecified atom stereocenters. The van der Waals surface area contributed by atoms with Crippen molar-refractivity contribution in [3.8, 4) is 12.1 Å². The van der Waals surface area contributed by atoms with Gasteiger partial charge in [-0.25, -0.2) is 0 Å². The number of nitro benzene ring substituents is 1. The second-order valence-electron chi connectivity index (χ2n) is 3.53. The number of hydrogen-bond acceptors (Lipinski definition) is 5. The van der Waals surface area contributed by atoms with Crippen LogP contribution in [-0.4, -0.2) is 4.92 Å². The first kappa shape index (κ1) is 16.3. The number of halogens is 4. The molecule has 0 saturated heterocycles. The largest absolute Gasteiger partial charge is 0.417 e. The molecule has 1 rings (SSSR count). The topological polar surface area (TPSA) is 103 Å². The summed E-state index contributed by atoms with van der Waals surface area (Å²) >= 11 is 5.38. The Morgan fingerprint density at radius 3 is 2.38 bits per heavy atom. The summed E-state index contributed by atoms with van der Waals surface area (Å²) in [6, 6.07) is 3.87. The van der Waals surface area contributed by atoms with Crippen molar-refractivity contribution in [2.24, 2.45) is 0 Å². The molecule has 0 aliphatic heterocycles. The molecule has 108 valence electrons. The fraction of sp³-hybridized carbons (Fsp3) is 0.0909. The minimum absolute atomic E-state index is 0.434. The highest BCUT2D eigenvalue weighted by Gasteiger charge is 2.35. The number of hydrogen-bond donors (Lipinski definition) is 1. The third kappa shape index (κ3) is 3.84. The fourth-order valence-electron chi connectivity index (χ4n) is 1.29. The predicted molar refractivity (Wildman–Crippen MR) is 66.0 cm³/mol. The molecule has 21 heavy (non-hydrogen) atoms. The molecule has 1 aromatic carbocycles. The lowest BCUT2D eigenvalue weighted by atomic mass is 10.1. The molecule has 0 fully saturated rings. The second kappa shape index (κ2) is 6.11. The van der Waals surface area contributed by atoms with Gasteiger partial charge in [-0.3, -0.25) is 10.1 Å². The molecule has 0 aliphatic carbocycles. The van der Waals surface area contributed by atoms with Crippen LogP contribution in [0.1, 0.15) is 5.56 Å². The maximum absolute atomic E-state index is 12.7. The molecular formula is C11H4ClF3N4O2. The number of alkyl halides is 3. The van der Waals surface area contributed by atoms with Gasteiger partial charge in [0.25, 0.3) is 5.69 Å². The van der Waals surface area contributed by atoms with E-state index in [1.165, 1.54) is 12.1 Å². The summed E-state index contributed by atoms with van der Waals surface area (Å²) in [6.07, 6.45) is -4.05. The molecule has 0 atom stereocenters. The molecule has 1 aromatic rings. The number of nitrogens with one attached hydrogen (secondary N) is 1. The highest BCUT2D eigenvalue weighted by Crippen LogP contribution is 2.40. The Morgan fingerprint density at radius 2 is 1.95 bits per heavy atom. The van der Waals surface area contributed by atoms with Crippen LogP contribution in [0, 0.1) is 32.8 Å². The summed E-state index contributed by atoms with van der Waals surface area (Å²) in [5.41, 5.74) is -3.01. The lowest BCUT2D eigenvalue weighted by molar-refractivity contribution is -0.383. The van der Waals surface area contributed by atoms with E-state index < -0.39 is 38.6 Å². The number of nitriles is 2. The number of nitro groups is 1. The number of benzene rings is 1. The summed E-state index contributed by atoms with van der Waals surface area (Å²) in [7, 11) is 0. The molecular weight excluding hydrogens is 313 g/mol. The maximum atomic E-state index is 12.7. The fourth-order valence-corrected chi connectivity index (χ4v) is 1.55. The Hall–Kier alpha value is -2.78. The first-order valence-electron chi connectivity index (χ1n) is 5.02. The van der Waals surface area contributed by atoms with Crippen molar-refractivity contribution in [2.75, 3.05) is 5.32 Å². The molecule has 0 bridgehead atoms. The smallest absolute Gasteiger partial charge is 0.354 e. The van der Waals surface area contributed by atoms with Crippen LogP contribution in [0.2, 0.25) is 5.02 Å². The van der Waals surface area contributed by atoms with Crippen LogP contribution in [0.5, 0.6) is 0 Å². The Morgan fingerprint density at radius 1 is 1.38 bits per heavy atom. The van der Waals surface area contributed by atoms with Gasteiger partial charge in [0.1, 0.15) is 23.4 Å². The zero-order valence-electron chi connectivity index (χ0n) is 9.90. The number of allylic oxidation sites excluding steroid dienone is 1. The minimum Gasteiger partial charge on any atom is -0.354 e. The summed E-state index contributed by atoms with van der Waals surface area (Å²) in [5.74, 6) is 0. The van der Waals surface area contributed by atoms with Gasteiger partial charge in [-0.2, -0.15) is 23.7 Å². The van der Waals surface area contributed by atoms with E-state index in [9.17, 15) is 23.3 Å². The van der Waals surface area contributed by atoms with Crippen molar-refractivity contribution >= 4 is 23.0 Å². The van der Waals surface area contributed by atoms with E-state index in [1.807, 2.05) is 0 Å². The van der Waals surface area contributed by atoms with Gasteiger partial charge < -0.3 is 5.32 Å². The van der Waals surface area contributed by atoms with E-state index in [1.54, 1.807) is 0 Å². The van der Waals surface area contributed by atoms with Crippen molar-refractivity contribution in [1.29, 1.82) is 10.5 Å². The molecule has 0 radical (unpaired) electrons. The van der Waals surface area contributed by atoms with Crippen LogP contribution in [-0.2, 0) is 6.18 Å². The van der Waals surface area contributed by atoms with Crippen LogP contribution in [0.4, 0.5) is 24.5 Å². The van der Waals surface area contributed by atoms with E-state index in [4.69, 9.17) is 22.1 Å². The van der Waals surface area contributed by atoms with Crippen molar-refractivity contribution < 1.29 is 18.1 Å². The van der Waals surface area contributed by atoms with Gasteiger partial charge in [0.05, 0.1) is 15.5 Å². The van der Waals surface area contributed by atoms with E-state index >= 15 is 0 Å². The van der Waals surface area contributed by atoms with Crippen molar-refractivity contribution in [3.05, 3.63) is 44.6 Å².